The molecule has 0 saturated heterocycles. The smallest absolute Gasteiger partial charge is 0.423 e. The van der Waals surface area contributed by atoms with Crippen molar-refractivity contribution in [3.05, 3.63) is 24.3 Å². The maximum atomic E-state index is 11.9. The molecule has 1 aromatic rings. The predicted molar refractivity (Wildman–Crippen MR) is 72.7 cm³/mol. The lowest BCUT2D eigenvalue weighted by atomic mass is 10.2. The molecule has 112 valence electrons. The second-order valence-electron chi connectivity index (χ2n) is 4.91. The number of rotatable bonds is 4. The van der Waals surface area contributed by atoms with E-state index in [4.69, 9.17) is 9.47 Å². The van der Waals surface area contributed by atoms with Gasteiger partial charge < -0.3 is 9.47 Å². The first kappa shape index (κ1) is 16.3. The van der Waals surface area contributed by atoms with Crippen LogP contribution in [-0.2, 0) is 14.8 Å². The molecule has 0 spiro atoms. The highest BCUT2D eigenvalue weighted by Gasteiger charge is 2.19. The van der Waals surface area contributed by atoms with E-state index in [1.54, 1.807) is 20.8 Å². The van der Waals surface area contributed by atoms with Gasteiger partial charge in [-0.25, -0.2) is 18.6 Å². The first-order chi connectivity index (χ1) is 9.14. The fourth-order valence-electron chi connectivity index (χ4n) is 1.23. The van der Waals surface area contributed by atoms with E-state index in [0.29, 0.717) is 5.75 Å². The third kappa shape index (κ3) is 5.06. The molecule has 1 amide bonds. The van der Waals surface area contributed by atoms with Gasteiger partial charge in [-0.3, -0.25) is 0 Å². The van der Waals surface area contributed by atoms with E-state index in [0.717, 1.165) is 0 Å². The lowest BCUT2D eigenvalue weighted by Gasteiger charge is -2.19. The highest BCUT2D eigenvalue weighted by molar-refractivity contribution is 7.89. The Bertz CT molecular complexity index is 561. The van der Waals surface area contributed by atoms with Crippen molar-refractivity contribution in [1.29, 1.82) is 0 Å². The Balaban J connectivity index is 2.68. The third-order valence-corrected chi connectivity index (χ3v) is 3.32. The molecule has 0 fully saturated rings. The van der Waals surface area contributed by atoms with Crippen LogP contribution < -0.4 is 15.0 Å². The van der Waals surface area contributed by atoms with Crippen molar-refractivity contribution in [1.82, 2.24) is 10.3 Å². The standard InChI is InChI=1S/C12H18N2O5S/c1-12(2,3)19-11(15)13-14-20(16,17)10-7-5-9(18-4)6-8-10/h5-8,14H,1-4H3,(H,13,15). The van der Waals surface area contributed by atoms with Crippen molar-refractivity contribution in [2.45, 2.75) is 31.3 Å². The predicted octanol–water partition coefficient (Wildman–Crippen LogP) is 1.41. The van der Waals surface area contributed by atoms with Gasteiger partial charge >= 0.3 is 6.09 Å². The Kier molecular flexibility index (Phi) is 4.96. The quantitative estimate of drug-likeness (QED) is 0.820. The van der Waals surface area contributed by atoms with E-state index < -0.39 is 21.7 Å². The molecule has 0 unspecified atom stereocenters. The van der Waals surface area contributed by atoms with E-state index >= 15 is 0 Å². The number of hydrogen-bond acceptors (Lipinski definition) is 5. The summed E-state index contributed by atoms with van der Waals surface area (Å²) in [5.74, 6) is 0.532. The maximum absolute atomic E-state index is 11.9. The minimum atomic E-state index is -3.85. The Morgan fingerprint density at radius 3 is 2.15 bits per heavy atom. The third-order valence-electron chi connectivity index (χ3n) is 2.06. The summed E-state index contributed by atoms with van der Waals surface area (Å²) >= 11 is 0. The Morgan fingerprint density at radius 1 is 1.15 bits per heavy atom. The molecule has 7 nitrogen and oxygen atoms in total. The van der Waals surface area contributed by atoms with Crippen molar-refractivity contribution in [3.8, 4) is 5.75 Å². The summed E-state index contributed by atoms with van der Waals surface area (Å²) in [5.41, 5.74) is 1.26. The zero-order valence-electron chi connectivity index (χ0n) is 11.8. The van der Waals surface area contributed by atoms with Crippen LogP contribution in [0.5, 0.6) is 5.75 Å². The van der Waals surface area contributed by atoms with Gasteiger partial charge in [-0.2, -0.15) is 0 Å². The highest BCUT2D eigenvalue weighted by atomic mass is 32.2. The van der Waals surface area contributed by atoms with Gasteiger partial charge in [0.05, 0.1) is 12.0 Å². The van der Waals surface area contributed by atoms with E-state index in [9.17, 15) is 13.2 Å². The number of carbonyl (C=O) groups is 1. The maximum Gasteiger partial charge on any atom is 0.423 e. The summed E-state index contributed by atoms with van der Waals surface area (Å²) in [6.07, 6.45) is -0.880. The van der Waals surface area contributed by atoms with Crippen LogP contribution in [0.15, 0.2) is 29.2 Å². The van der Waals surface area contributed by atoms with Crippen LogP contribution in [0.4, 0.5) is 4.79 Å². The summed E-state index contributed by atoms with van der Waals surface area (Å²) in [4.78, 5) is 13.3. The van der Waals surface area contributed by atoms with Gasteiger partial charge in [0.2, 0.25) is 0 Å². The van der Waals surface area contributed by atoms with Crippen LogP contribution >= 0.6 is 0 Å². The molecule has 20 heavy (non-hydrogen) atoms. The molecule has 0 aromatic heterocycles. The van der Waals surface area contributed by atoms with Gasteiger partial charge in [0.15, 0.2) is 0 Å². The van der Waals surface area contributed by atoms with Crippen molar-refractivity contribution in [2.24, 2.45) is 0 Å². The first-order valence-corrected chi connectivity index (χ1v) is 7.27. The summed E-state index contributed by atoms with van der Waals surface area (Å²) in [6.45, 7) is 5.01. The molecular weight excluding hydrogens is 284 g/mol. The average molecular weight is 302 g/mol. The number of amides is 1. The van der Waals surface area contributed by atoms with Crippen molar-refractivity contribution in [2.75, 3.05) is 7.11 Å². The number of benzene rings is 1. The zero-order valence-corrected chi connectivity index (χ0v) is 12.6. The van der Waals surface area contributed by atoms with E-state index in [2.05, 4.69) is 0 Å². The summed E-state index contributed by atoms with van der Waals surface area (Å²) in [5, 5.41) is 0. The molecule has 1 rings (SSSR count). The summed E-state index contributed by atoms with van der Waals surface area (Å²) in [7, 11) is -2.38. The fourth-order valence-corrected chi connectivity index (χ4v) is 2.06. The summed E-state index contributed by atoms with van der Waals surface area (Å²) < 4.78 is 33.6. The molecule has 0 heterocycles. The Labute approximate surface area is 118 Å². The molecular formula is C12H18N2O5S. The molecule has 0 aliphatic rings. The van der Waals surface area contributed by atoms with Crippen molar-refractivity contribution >= 4 is 16.1 Å². The van der Waals surface area contributed by atoms with Gasteiger partial charge in [0, 0.05) is 0 Å². The monoisotopic (exact) mass is 302 g/mol. The Hall–Kier alpha value is -1.80. The van der Waals surface area contributed by atoms with Crippen LogP contribution in [0.25, 0.3) is 0 Å². The molecule has 8 heteroatoms. The van der Waals surface area contributed by atoms with Crippen molar-refractivity contribution in [3.63, 3.8) is 0 Å². The van der Waals surface area contributed by atoms with Gasteiger partial charge in [-0.15, -0.1) is 4.83 Å². The number of ether oxygens (including phenoxy) is 2. The van der Waals surface area contributed by atoms with Crippen LogP contribution in [0.2, 0.25) is 0 Å². The lowest BCUT2D eigenvalue weighted by Crippen LogP contribution is -2.44. The lowest BCUT2D eigenvalue weighted by molar-refractivity contribution is 0.0515. The SMILES string of the molecule is COc1ccc(S(=O)(=O)NNC(=O)OC(C)(C)C)cc1. The van der Waals surface area contributed by atoms with E-state index in [1.165, 1.54) is 31.4 Å². The highest BCUT2D eigenvalue weighted by Crippen LogP contribution is 2.14. The number of sulfonamides is 1. The van der Waals surface area contributed by atoms with Gasteiger partial charge in [-0.1, -0.05) is 0 Å². The molecule has 0 saturated carbocycles. The largest absolute Gasteiger partial charge is 0.497 e. The van der Waals surface area contributed by atoms with Crippen LogP contribution in [-0.4, -0.2) is 27.2 Å². The number of methoxy groups -OCH3 is 1. The topological polar surface area (TPSA) is 93.7 Å². The molecule has 0 atom stereocenters. The van der Waals surface area contributed by atoms with E-state index in [-0.39, 0.29) is 4.90 Å². The first-order valence-electron chi connectivity index (χ1n) is 5.79. The number of hydrogen-bond donors (Lipinski definition) is 2. The zero-order chi connectivity index (χ0) is 15.4. The molecule has 0 radical (unpaired) electrons. The second kappa shape index (κ2) is 6.10. The van der Waals surface area contributed by atoms with E-state index in [1.807, 2.05) is 10.3 Å². The molecule has 0 bridgehead atoms. The average Bonchev–Trinajstić information content (AvgIpc) is 2.35. The van der Waals surface area contributed by atoms with Gasteiger partial charge in [-0.05, 0) is 45.0 Å². The minimum Gasteiger partial charge on any atom is -0.497 e. The van der Waals surface area contributed by atoms with Crippen LogP contribution in [0.1, 0.15) is 20.8 Å². The molecule has 0 aliphatic heterocycles. The normalized spacial score (nSPS) is 11.8. The number of hydrazine groups is 1. The minimum absolute atomic E-state index is 0.00522. The molecule has 0 aliphatic carbocycles. The van der Waals surface area contributed by atoms with Crippen molar-refractivity contribution < 1.29 is 22.7 Å². The van der Waals surface area contributed by atoms with Gasteiger partial charge in [0.1, 0.15) is 11.4 Å². The number of nitrogens with one attached hydrogen (secondary N) is 2. The summed E-state index contributed by atoms with van der Waals surface area (Å²) in [6, 6.07) is 5.72. The van der Waals surface area contributed by atoms with Crippen LogP contribution in [0.3, 0.4) is 0 Å². The van der Waals surface area contributed by atoms with Crippen LogP contribution in [0, 0.1) is 0 Å². The molecule has 2 N–H and O–H groups in total. The molecule has 1 aromatic carbocycles. The Morgan fingerprint density at radius 2 is 1.70 bits per heavy atom. The fraction of sp³-hybridized carbons (Fsp3) is 0.417. The second-order valence-corrected chi connectivity index (χ2v) is 6.59. The number of carbonyl (C=O) groups excluding carboxylic acids is 1. The van der Waals surface area contributed by atoms with Gasteiger partial charge in [0.25, 0.3) is 10.0 Å².